The summed E-state index contributed by atoms with van der Waals surface area (Å²) in [5.41, 5.74) is 0. The summed E-state index contributed by atoms with van der Waals surface area (Å²) in [4.78, 5) is 0. The van der Waals surface area contributed by atoms with Gasteiger partial charge in [0.1, 0.15) is 0 Å². The van der Waals surface area contributed by atoms with Crippen molar-refractivity contribution in [2.75, 3.05) is 0 Å². The normalized spacial score (nSPS) is 17.2. The van der Waals surface area contributed by atoms with Crippen molar-refractivity contribution in [1.82, 2.24) is 0 Å². The Morgan fingerprint density at radius 2 is 1.54 bits per heavy atom. The smallest absolute Gasteiger partial charge is 0.0745 e. The van der Waals surface area contributed by atoms with Crippen molar-refractivity contribution in [2.45, 2.75) is 46.3 Å². The molecule has 13 heavy (non-hydrogen) atoms. The average molecular weight is 186 g/mol. The van der Waals surface area contributed by atoms with Crippen molar-refractivity contribution >= 4 is 0 Å². The van der Waals surface area contributed by atoms with Crippen LogP contribution < -0.4 is 0 Å². The number of hydrogen-bond acceptors (Lipinski definition) is 2. The van der Waals surface area contributed by atoms with Crippen LogP contribution >= 0.6 is 0 Å². The van der Waals surface area contributed by atoms with Crippen LogP contribution in [0.5, 0.6) is 0 Å². The Morgan fingerprint density at radius 1 is 1.00 bits per heavy atom. The molecule has 0 bridgehead atoms. The number of aliphatic hydroxyl groups is 2. The van der Waals surface area contributed by atoms with E-state index < -0.39 is 12.2 Å². The van der Waals surface area contributed by atoms with Gasteiger partial charge in [-0.05, 0) is 11.8 Å². The van der Waals surface area contributed by atoms with E-state index in [9.17, 15) is 10.2 Å². The Hall–Kier alpha value is -0.340. The first-order valence-electron chi connectivity index (χ1n) is 4.98. The van der Waals surface area contributed by atoms with Gasteiger partial charge in [-0.15, -0.1) is 0 Å². The minimum atomic E-state index is -0.514. The predicted molar refractivity (Wildman–Crippen MR) is 55.4 cm³/mol. The van der Waals surface area contributed by atoms with E-state index in [-0.39, 0.29) is 5.92 Å². The molecule has 0 rings (SSSR count). The van der Waals surface area contributed by atoms with Crippen LogP contribution in [-0.4, -0.2) is 22.4 Å². The molecular weight excluding hydrogens is 164 g/mol. The minimum Gasteiger partial charge on any atom is -0.393 e. The largest absolute Gasteiger partial charge is 0.393 e. The first kappa shape index (κ1) is 12.7. The molecule has 0 aromatic heterocycles. The summed E-state index contributed by atoms with van der Waals surface area (Å²) in [5.74, 6) is 0.660. The quantitative estimate of drug-likeness (QED) is 0.644. The molecule has 0 aliphatic rings. The molecule has 0 aromatic carbocycles. The fourth-order valence-electron chi connectivity index (χ4n) is 0.949. The summed E-state index contributed by atoms with van der Waals surface area (Å²) >= 11 is 0. The maximum Gasteiger partial charge on any atom is 0.0745 e. The Kier molecular flexibility index (Phi) is 6.00. The highest BCUT2D eigenvalue weighted by Gasteiger charge is 2.12. The van der Waals surface area contributed by atoms with E-state index in [0.29, 0.717) is 12.3 Å². The molecule has 78 valence electrons. The van der Waals surface area contributed by atoms with E-state index in [1.807, 2.05) is 19.9 Å². The standard InChI is InChI=1S/C11H22O2/c1-8(2)5-6-10(12)7-11(13)9(3)4/h5-6,8-13H,7H2,1-4H3/b6-5-/t10-,11+/m1/s1. The molecular formula is C11H22O2. The molecule has 2 nitrogen and oxygen atoms in total. The zero-order valence-electron chi connectivity index (χ0n) is 9.07. The molecule has 0 aliphatic carbocycles. The molecule has 0 saturated carbocycles. The SMILES string of the molecule is CC(C)/C=C\[C@@H](O)C[C@H](O)C(C)C. The van der Waals surface area contributed by atoms with Gasteiger partial charge in [0.25, 0.3) is 0 Å². The lowest BCUT2D eigenvalue weighted by Crippen LogP contribution is -2.21. The zero-order chi connectivity index (χ0) is 10.4. The highest BCUT2D eigenvalue weighted by molar-refractivity contribution is 4.91. The third-order valence-electron chi connectivity index (χ3n) is 1.97. The monoisotopic (exact) mass is 186 g/mol. The second-order valence-electron chi connectivity index (χ2n) is 4.24. The van der Waals surface area contributed by atoms with Crippen molar-refractivity contribution in [3.8, 4) is 0 Å². The third-order valence-corrected chi connectivity index (χ3v) is 1.97. The number of allylic oxidation sites excluding steroid dienone is 1. The highest BCUT2D eigenvalue weighted by Crippen LogP contribution is 2.09. The second-order valence-corrected chi connectivity index (χ2v) is 4.24. The molecule has 0 aromatic rings. The van der Waals surface area contributed by atoms with Crippen LogP contribution in [0.25, 0.3) is 0 Å². The van der Waals surface area contributed by atoms with Gasteiger partial charge in [-0.3, -0.25) is 0 Å². The topological polar surface area (TPSA) is 40.5 Å². The van der Waals surface area contributed by atoms with Crippen LogP contribution in [0.2, 0.25) is 0 Å². The van der Waals surface area contributed by atoms with E-state index in [2.05, 4.69) is 13.8 Å². The first-order chi connectivity index (χ1) is 5.93. The molecule has 2 heteroatoms. The van der Waals surface area contributed by atoms with Gasteiger partial charge in [0.2, 0.25) is 0 Å². The van der Waals surface area contributed by atoms with Crippen molar-refractivity contribution in [3.05, 3.63) is 12.2 Å². The van der Waals surface area contributed by atoms with Crippen LogP contribution in [-0.2, 0) is 0 Å². The van der Waals surface area contributed by atoms with E-state index in [4.69, 9.17) is 0 Å². The van der Waals surface area contributed by atoms with Crippen molar-refractivity contribution in [3.63, 3.8) is 0 Å². The lowest BCUT2D eigenvalue weighted by atomic mass is 10.0. The molecule has 2 atom stereocenters. The summed E-state index contributed by atoms with van der Waals surface area (Å²) in [5, 5.41) is 18.9. The fourth-order valence-corrected chi connectivity index (χ4v) is 0.949. The van der Waals surface area contributed by atoms with E-state index in [1.54, 1.807) is 6.08 Å². The van der Waals surface area contributed by atoms with Crippen LogP contribution in [0.15, 0.2) is 12.2 Å². The van der Waals surface area contributed by atoms with Gasteiger partial charge >= 0.3 is 0 Å². The Balaban J connectivity index is 3.80. The first-order valence-corrected chi connectivity index (χ1v) is 4.98. The lowest BCUT2D eigenvalue weighted by molar-refractivity contribution is 0.0712. The van der Waals surface area contributed by atoms with E-state index in [0.717, 1.165) is 0 Å². The molecule has 0 spiro atoms. The molecule has 0 saturated heterocycles. The summed E-state index contributed by atoms with van der Waals surface area (Å²) in [6.07, 6.45) is 3.22. The van der Waals surface area contributed by atoms with Crippen molar-refractivity contribution in [1.29, 1.82) is 0 Å². The number of hydrogen-bond donors (Lipinski definition) is 2. The van der Waals surface area contributed by atoms with Crippen LogP contribution in [0, 0.1) is 11.8 Å². The zero-order valence-corrected chi connectivity index (χ0v) is 9.07. The third kappa shape index (κ3) is 6.79. The number of rotatable bonds is 5. The number of aliphatic hydroxyl groups excluding tert-OH is 2. The maximum absolute atomic E-state index is 9.47. The van der Waals surface area contributed by atoms with Gasteiger partial charge in [-0.2, -0.15) is 0 Å². The summed E-state index contributed by atoms with van der Waals surface area (Å²) in [6.45, 7) is 8.01. The van der Waals surface area contributed by atoms with Gasteiger partial charge in [-0.25, -0.2) is 0 Å². The molecule has 0 radical (unpaired) electrons. The average Bonchev–Trinajstić information content (AvgIpc) is 2.00. The van der Waals surface area contributed by atoms with Gasteiger partial charge in [-0.1, -0.05) is 39.8 Å². The summed E-state index contributed by atoms with van der Waals surface area (Å²) in [6, 6.07) is 0. The summed E-state index contributed by atoms with van der Waals surface area (Å²) < 4.78 is 0. The second kappa shape index (κ2) is 6.17. The Bertz CT molecular complexity index is 150. The van der Waals surface area contributed by atoms with Gasteiger partial charge < -0.3 is 10.2 Å². The molecule has 0 heterocycles. The van der Waals surface area contributed by atoms with Crippen LogP contribution in [0.4, 0.5) is 0 Å². The minimum absolute atomic E-state index is 0.210. The fraction of sp³-hybridized carbons (Fsp3) is 0.818. The van der Waals surface area contributed by atoms with Gasteiger partial charge in [0.15, 0.2) is 0 Å². The molecule has 0 amide bonds. The maximum atomic E-state index is 9.47. The van der Waals surface area contributed by atoms with Crippen molar-refractivity contribution < 1.29 is 10.2 Å². The van der Waals surface area contributed by atoms with Gasteiger partial charge in [0, 0.05) is 6.42 Å². The Labute approximate surface area is 81.3 Å². The van der Waals surface area contributed by atoms with Crippen LogP contribution in [0.1, 0.15) is 34.1 Å². The highest BCUT2D eigenvalue weighted by atomic mass is 16.3. The summed E-state index contributed by atoms with van der Waals surface area (Å²) in [7, 11) is 0. The molecule has 0 unspecified atom stereocenters. The lowest BCUT2D eigenvalue weighted by Gasteiger charge is -2.16. The van der Waals surface area contributed by atoms with Gasteiger partial charge in [0.05, 0.1) is 12.2 Å². The molecule has 0 fully saturated rings. The van der Waals surface area contributed by atoms with Crippen molar-refractivity contribution in [2.24, 2.45) is 11.8 Å². The van der Waals surface area contributed by atoms with Crippen LogP contribution in [0.3, 0.4) is 0 Å². The Morgan fingerprint density at radius 3 is 1.92 bits per heavy atom. The molecule has 2 N–H and O–H groups in total. The van der Waals surface area contributed by atoms with E-state index >= 15 is 0 Å². The molecule has 0 aliphatic heterocycles. The predicted octanol–water partition coefficient (Wildman–Crippen LogP) is 1.97. The van der Waals surface area contributed by atoms with E-state index in [1.165, 1.54) is 0 Å².